The van der Waals surface area contributed by atoms with E-state index in [0.29, 0.717) is 6.42 Å². The summed E-state index contributed by atoms with van der Waals surface area (Å²) < 4.78 is 0. The molecule has 0 aliphatic rings. The number of carboxylic acid groups (broad SMARTS) is 1. The minimum atomic E-state index is -0.777. The summed E-state index contributed by atoms with van der Waals surface area (Å²) in [5.41, 5.74) is 2.25. The average Bonchev–Trinajstić information content (AvgIpc) is 2.15. The van der Waals surface area contributed by atoms with E-state index in [0.717, 1.165) is 5.56 Å². The van der Waals surface area contributed by atoms with Gasteiger partial charge in [0.05, 0.1) is 0 Å². The first-order valence-electron chi connectivity index (χ1n) is 4.95. The lowest BCUT2D eigenvalue weighted by atomic mass is 10.0. The summed E-state index contributed by atoms with van der Waals surface area (Å²) in [6.07, 6.45) is 0.544. The molecule has 82 valence electrons. The zero-order valence-electron chi connectivity index (χ0n) is 9.40. The van der Waals surface area contributed by atoms with Crippen molar-refractivity contribution in [1.29, 1.82) is 0 Å². The lowest BCUT2D eigenvalue weighted by Crippen LogP contribution is -2.37. The van der Waals surface area contributed by atoms with E-state index in [9.17, 15) is 4.79 Å². The van der Waals surface area contributed by atoms with Crippen LogP contribution in [0.1, 0.15) is 11.1 Å². The minimum Gasteiger partial charge on any atom is -0.480 e. The third kappa shape index (κ3) is 3.36. The van der Waals surface area contributed by atoms with Gasteiger partial charge in [0.1, 0.15) is 6.04 Å². The second-order valence-electron chi connectivity index (χ2n) is 4.01. The monoisotopic (exact) mass is 207 g/mol. The molecule has 15 heavy (non-hydrogen) atoms. The molecule has 0 amide bonds. The normalized spacial score (nSPS) is 12.8. The maximum absolute atomic E-state index is 11.0. The average molecular weight is 207 g/mol. The van der Waals surface area contributed by atoms with Crippen LogP contribution in [0, 0.1) is 6.92 Å². The fraction of sp³-hybridized carbons (Fsp3) is 0.417. The maximum atomic E-state index is 11.0. The van der Waals surface area contributed by atoms with Gasteiger partial charge in [-0.2, -0.15) is 0 Å². The number of benzene rings is 1. The predicted molar refractivity (Wildman–Crippen MR) is 60.0 cm³/mol. The molecule has 1 rings (SSSR count). The van der Waals surface area contributed by atoms with Gasteiger partial charge in [0.2, 0.25) is 0 Å². The first-order chi connectivity index (χ1) is 7.00. The van der Waals surface area contributed by atoms with E-state index < -0.39 is 12.0 Å². The molecule has 1 aromatic carbocycles. The smallest absolute Gasteiger partial charge is 0.321 e. The summed E-state index contributed by atoms with van der Waals surface area (Å²) in [5, 5.41) is 9.02. The highest BCUT2D eigenvalue weighted by molar-refractivity contribution is 5.73. The van der Waals surface area contributed by atoms with E-state index in [-0.39, 0.29) is 0 Å². The van der Waals surface area contributed by atoms with Gasteiger partial charge in [-0.3, -0.25) is 9.69 Å². The van der Waals surface area contributed by atoms with Crippen molar-refractivity contribution in [2.75, 3.05) is 14.1 Å². The summed E-state index contributed by atoms with van der Waals surface area (Å²) >= 11 is 0. The largest absolute Gasteiger partial charge is 0.480 e. The highest BCUT2D eigenvalue weighted by atomic mass is 16.4. The second-order valence-corrected chi connectivity index (χ2v) is 4.01. The molecule has 0 aliphatic carbocycles. The van der Waals surface area contributed by atoms with Crippen LogP contribution in [-0.2, 0) is 11.2 Å². The third-order valence-corrected chi connectivity index (χ3v) is 2.46. The van der Waals surface area contributed by atoms with Crippen molar-refractivity contribution < 1.29 is 9.90 Å². The number of aliphatic carboxylic acids is 1. The molecule has 0 aromatic heterocycles. The highest BCUT2D eigenvalue weighted by Gasteiger charge is 2.19. The molecule has 1 N–H and O–H groups in total. The van der Waals surface area contributed by atoms with Crippen molar-refractivity contribution in [2.24, 2.45) is 0 Å². The molecule has 0 unspecified atom stereocenters. The van der Waals surface area contributed by atoms with Gasteiger partial charge in [-0.25, -0.2) is 0 Å². The van der Waals surface area contributed by atoms with E-state index in [1.54, 1.807) is 19.0 Å². The first-order valence-corrected chi connectivity index (χ1v) is 4.95. The Hall–Kier alpha value is -1.35. The molecule has 0 bridgehead atoms. The molecule has 0 spiro atoms. The van der Waals surface area contributed by atoms with E-state index in [4.69, 9.17) is 5.11 Å². The second kappa shape index (κ2) is 4.94. The van der Waals surface area contributed by atoms with Crippen LogP contribution < -0.4 is 0 Å². The molecular formula is C12H17NO2. The van der Waals surface area contributed by atoms with Crippen molar-refractivity contribution in [2.45, 2.75) is 19.4 Å². The SMILES string of the molecule is Cc1ccc(C[C@@H](C(=O)O)N(C)C)cc1. The number of hydrogen-bond acceptors (Lipinski definition) is 2. The fourth-order valence-electron chi connectivity index (χ4n) is 1.44. The minimum absolute atomic E-state index is 0.451. The van der Waals surface area contributed by atoms with Gasteiger partial charge in [-0.15, -0.1) is 0 Å². The number of aryl methyl sites for hydroxylation is 1. The number of carboxylic acids is 1. The maximum Gasteiger partial charge on any atom is 0.321 e. The van der Waals surface area contributed by atoms with Gasteiger partial charge >= 0.3 is 5.97 Å². The molecule has 3 heteroatoms. The Kier molecular flexibility index (Phi) is 3.86. The van der Waals surface area contributed by atoms with Gasteiger partial charge < -0.3 is 5.11 Å². The van der Waals surface area contributed by atoms with Crippen LogP contribution in [-0.4, -0.2) is 36.1 Å². The van der Waals surface area contributed by atoms with E-state index in [1.165, 1.54) is 5.56 Å². The standard InChI is InChI=1S/C12H17NO2/c1-9-4-6-10(7-5-9)8-11(12(14)15)13(2)3/h4-7,11H,8H2,1-3H3,(H,14,15)/t11-/m0/s1. The van der Waals surface area contributed by atoms with Gasteiger partial charge in [0, 0.05) is 0 Å². The van der Waals surface area contributed by atoms with Crippen LogP contribution in [0.3, 0.4) is 0 Å². The molecular weight excluding hydrogens is 190 g/mol. The molecule has 0 fully saturated rings. The molecule has 0 saturated carbocycles. The van der Waals surface area contributed by atoms with E-state index in [2.05, 4.69) is 0 Å². The van der Waals surface area contributed by atoms with E-state index in [1.807, 2.05) is 31.2 Å². The van der Waals surface area contributed by atoms with Gasteiger partial charge in [0.15, 0.2) is 0 Å². The molecule has 1 atom stereocenters. The number of rotatable bonds is 4. The van der Waals surface area contributed by atoms with Gasteiger partial charge in [-0.05, 0) is 33.0 Å². The Morgan fingerprint density at radius 1 is 1.33 bits per heavy atom. The van der Waals surface area contributed by atoms with Crippen molar-refractivity contribution in [3.63, 3.8) is 0 Å². The summed E-state index contributed by atoms with van der Waals surface area (Å²) in [5.74, 6) is -0.777. The predicted octanol–water partition coefficient (Wildman–Crippen LogP) is 1.55. The summed E-state index contributed by atoms with van der Waals surface area (Å²) in [7, 11) is 3.57. The zero-order chi connectivity index (χ0) is 11.4. The number of nitrogens with zero attached hydrogens (tertiary/aromatic N) is 1. The van der Waals surface area contributed by atoms with Gasteiger partial charge in [0.25, 0.3) is 0 Å². The summed E-state index contributed by atoms with van der Waals surface area (Å²) in [6, 6.07) is 7.52. The van der Waals surface area contributed by atoms with Gasteiger partial charge in [-0.1, -0.05) is 29.8 Å². The Morgan fingerprint density at radius 3 is 2.27 bits per heavy atom. The quantitative estimate of drug-likeness (QED) is 0.814. The molecule has 0 heterocycles. The fourth-order valence-corrected chi connectivity index (χ4v) is 1.44. The van der Waals surface area contributed by atoms with Crippen LogP contribution >= 0.6 is 0 Å². The van der Waals surface area contributed by atoms with E-state index >= 15 is 0 Å². The zero-order valence-corrected chi connectivity index (χ0v) is 9.40. The van der Waals surface area contributed by atoms with Crippen LogP contribution in [0.2, 0.25) is 0 Å². The number of carbonyl (C=O) groups is 1. The third-order valence-electron chi connectivity index (χ3n) is 2.46. The summed E-state index contributed by atoms with van der Waals surface area (Å²) in [6.45, 7) is 2.02. The number of hydrogen-bond donors (Lipinski definition) is 1. The lowest BCUT2D eigenvalue weighted by molar-refractivity contribution is -0.142. The van der Waals surface area contributed by atoms with Crippen molar-refractivity contribution in [1.82, 2.24) is 4.90 Å². The Labute approximate surface area is 90.3 Å². The van der Waals surface area contributed by atoms with Crippen molar-refractivity contribution in [3.05, 3.63) is 35.4 Å². The molecule has 1 aromatic rings. The first kappa shape index (κ1) is 11.7. The topological polar surface area (TPSA) is 40.5 Å². The Morgan fingerprint density at radius 2 is 1.87 bits per heavy atom. The Balaban J connectivity index is 2.74. The Bertz CT molecular complexity index is 330. The van der Waals surface area contributed by atoms with Crippen molar-refractivity contribution >= 4 is 5.97 Å². The van der Waals surface area contributed by atoms with Crippen LogP contribution in [0.5, 0.6) is 0 Å². The van der Waals surface area contributed by atoms with Crippen LogP contribution in [0.25, 0.3) is 0 Å². The highest BCUT2D eigenvalue weighted by Crippen LogP contribution is 2.08. The van der Waals surface area contributed by atoms with Crippen LogP contribution in [0.15, 0.2) is 24.3 Å². The van der Waals surface area contributed by atoms with Crippen LogP contribution in [0.4, 0.5) is 0 Å². The number of likely N-dealkylation sites (N-methyl/N-ethyl adjacent to an activating group) is 1. The summed E-state index contributed by atoms with van der Waals surface area (Å²) in [4.78, 5) is 12.7. The molecule has 0 radical (unpaired) electrons. The molecule has 0 saturated heterocycles. The molecule has 3 nitrogen and oxygen atoms in total. The van der Waals surface area contributed by atoms with Crippen molar-refractivity contribution in [3.8, 4) is 0 Å². The molecule has 0 aliphatic heterocycles. The lowest BCUT2D eigenvalue weighted by Gasteiger charge is -2.19.